The van der Waals surface area contributed by atoms with Crippen LogP contribution < -0.4 is 11.1 Å². The molecule has 0 fully saturated rings. The Bertz CT molecular complexity index is 216. The third-order valence-corrected chi connectivity index (χ3v) is 3.87. The Morgan fingerprint density at radius 1 is 1.12 bits per heavy atom. The lowest BCUT2D eigenvalue weighted by atomic mass is 9.83. The van der Waals surface area contributed by atoms with E-state index in [1.54, 1.807) is 0 Å². The van der Waals surface area contributed by atoms with Crippen molar-refractivity contribution < 1.29 is 4.79 Å². The monoisotopic (exact) mass is 242 g/mol. The lowest BCUT2D eigenvalue weighted by Crippen LogP contribution is -2.55. The third kappa shape index (κ3) is 4.30. The molecule has 1 amide bonds. The van der Waals surface area contributed by atoms with E-state index >= 15 is 0 Å². The van der Waals surface area contributed by atoms with E-state index in [4.69, 9.17) is 5.73 Å². The molecule has 3 N–H and O–H groups in total. The standard InChI is InChI=1S/C14H30N2O/c1-7-14(8-2,9-15)16-13(17)12(10(3)4)11(5)6/h10-12H,7-9,15H2,1-6H3,(H,16,17). The van der Waals surface area contributed by atoms with Gasteiger partial charge in [-0.2, -0.15) is 0 Å². The molecular formula is C14H30N2O. The molecule has 3 nitrogen and oxygen atoms in total. The van der Waals surface area contributed by atoms with E-state index in [2.05, 4.69) is 46.9 Å². The molecule has 0 saturated heterocycles. The number of carbonyl (C=O) groups excluding carboxylic acids is 1. The summed E-state index contributed by atoms with van der Waals surface area (Å²) < 4.78 is 0. The minimum atomic E-state index is -0.223. The van der Waals surface area contributed by atoms with Gasteiger partial charge in [0.15, 0.2) is 0 Å². The molecule has 102 valence electrons. The van der Waals surface area contributed by atoms with E-state index in [0.29, 0.717) is 18.4 Å². The topological polar surface area (TPSA) is 55.1 Å². The third-order valence-electron chi connectivity index (χ3n) is 3.87. The van der Waals surface area contributed by atoms with E-state index in [1.165, 1.54) is 0 Å². The number of hydrogen-bond acceptors (Lipinski definition) is 2. The maximum Gasteiger partial charge on any atom is 0.224 e. The first-order valence-corrected chi connectivity index (χ1v) is 6.85. The molecule has 0 aromatic heterocycles. The van der Waals surface area contributed by atoms with Crippen molar-refractivity contribution in [3.63, 3.8) is 0 Å². The minimum absolute atomic E-state index is 0.0685. The molecule has 0 aliphatic heterocycles. The SMILES string of the molecule is CCC(CC)(CN)NC(=O)C(C(C)C)C(C)C. The number of carbonyl (C=O) groups is 1. The zero-order valence-corrected chi connectivity index (χ0v) is 12.3. The van der Waals surface area contributed by atoms with Crippen molar-refractivity contribution in [3.8, 4) is 0 Å². The molecule has 0 aromatic carbocycles. The van der Waals surface area contributed by atoms with Gasteiger partial charge in [-0.05, 0) is 24.7 Å². The van der Waals surface area contributed by atoms with Gasteiger partial charge in [-0.1, -0.05) is 41.5 Å². The van der Waals surface area contributed by atoms with Gasteiger partial charge in [-0.15, -0.1) is 0 Å². The van der Waals surface area contributed by atoms with Crippen molar-refractivity contribution in [2.75, 3.05) is 6.54 Å². The molecule has 0 atom stereocenters. The van der Waals surface area contributed by atoms with Gasteiger partial charge >= 0.3 is 0 Å². The molecule has 3 heteroatoms. The Balaban J connectivity index is 4.80. The quantitative estimate of drug-likeness (QED) is 0.721. The second kappa shape index (κ2) is 7.00. The molecular weight excluding hydrogens is 212 g/mol. The summed E-state index contributed by atoms with van der Waals surface area (Å²) in [5.74, 6) is 0.946. The Morgan fingerprint density at radius 3 is 1.76 bits per heavy atom. The van der Waals surface area contributed by atoms with Gasteiger partial charge in [-0.25, -0.2) is 0 Å². The zero-order valence-electron chi connectivity index (χ0n) is 12.3. The molecule has 0 aromatic rings. The summed E-state index contributed by atoms with van der Waals surface area (Å²) >= 11 is 0. The Hall–Kier alpha value is -0.570. The van der Waals surface area contributed by atoms with Crippen LogP contribution in [-0.4, -0.2) is 18.0 Å². The van der Waals surface area contributed by atoms with Crippen molar-refractivity contribution in [1.29, 1.82) is 0 Å². The summed E-state index contributed by atoms with van der Waals surface area (Å²) in [6.07, 6.45) is 1.77. The Morgan fingerprint density at radius 2 is 1.53 bits per heavy atom. The number of amides is 1. The molecule has 0 spiro atoms. The van der Waals surface area contributed by atoms with Crippen molar-refractivity contribution in [3.05, 3.63) is 0 Å². The van der Waals surface area contributed by atoms with Gasteiger partial charge < -0.3 is 11.1 Å². The van der Waals surface area contributed by atoms with Gasteiger partial charge in [0.25, 0.3) is 0 Å². The number of rotatable bonds is 7. The fourth-order valence-corrected chi connectivity index (χ4v) is 2.49. The number of nitrogens with two attached hydrogens (primary N) is 1. The van der Waals surface area contributed by atoms with Crippen LogP contribution in [0.1, 0.15) is 54.4 Å². The Labute approximate surface area is 107 Å². The molecule has 17 heavy (non-hydrogen) atoms. The number of nitrogens with one attached hydrogen (secondary N) is 1. The van der Waals surface area contributed by atoms with Gasteiger partial charge in [0.1, 0.15) is 0 Å². The summed E-state index contributed by atoms with van der Waals surface area (Å²) in [6.45, 7) is 13.1. The van der Waals surface area contributed by atoms with Gasteiger partial charge in [0, 0.05) is 12.5 Å². The van der Waals surface area contributed by atoms with Gasteiger partial charge in [0.05, 0.1) is 5.54 Å². The smallest absolute Gasteiger partial charge is 0.224 e. The summed E-state index contributed by atoms with van der Waals surface area (Å²) in [6, 6.07) is 0. The van der Waals surface area contributed by atoms with Crippen LogP contribution in [0, 0.1) is 17.8 Å². The van der Waals surface area contributed by atoms with Crippen LogP contribution in [0.15, 0.2) is 0 Å². The van der Waals surface area contributed by atoms with E-state index in [0.717, 1.165) is 12.8 Å². The molecule has 0 radical (unpaired) electrons. The van der Waals surface area contributed by atoms with Crippen LogP contribution in [0.3, 0.4) is 0 Å². The first-order valence-electron chi connectivity index (χ1n) is 6.85. The van der Waals surface area contributed by atoms with Gasteiger partial charge in [-0.3, -0.25) is 4.79 Å². The highest BCUT2D eigenvalue weighted by Gasteiger charge is 2.32. The maximum atomic E-state index is 12.4. The summed E-state index contributed by atoms with van der Waals surface area (Å²) in [5.41, 5.74) is 5.59. The second-order valence-corrected chi connectivity index (χ2v) is 5.69. The molecule has 0 saturated carbocycles. The van der Waals surface area contributed by atoms with Gasteiger partial charge in [0.2, 0.25) is 5.91 Å². The number of hydrogen-bond donors (Lipinski definition) is 2. The van der Waals surface area contributed by atoms with Crippen LogP contribution in [0.2, 0.25) is 0 Å². The highest BCUT2D eigenvalue weighted by Crippen LogP contribution is 2.23. The van der Waals surface area contributed by atoms with Crippen LogP contribution in [-0.2, 0) is 4.79 Å². The molecule has 0 aliphatic carbocycles. The summed E-state index contributed by atoms with van der Waals surface area (Å²) in [5, 5.41) is 3.18. The zero-order chi connectivity index (χ0) is 13.6. The minimum Gasteiger partial charge on any atom is -0.349 e. The molecule has 0 unspecified atom stereocenters. The van der Waals surface area contributed by atoms with Crippen LogP contribution in [0.4, 0.5) is 0 Å². The van der Waals surface area contributed by atoms with Crippen LogP contribution in [0.25, 0.3) is 0 Å². The predicted octanol–water partition coefficient (Wildman–Crippen LogP) is 2.55. The van der Waals surface area contributed by atoms with Crippen molar-refractivity contribution in [2.45, 2.75) is 59.9 Å². The molecule has 0 bridgehead atoms. The predicted molar refractivity (Wildman–Crippen MR) is 73.7 cm³/mol. The Kier molecular flexibility index (Phi) is 6.76. The fourth-order valence-electron chi connectivity index (χ4n) is 2.49. The highest BCUT2D eigenvalue weighted by molar-refractivity contribution is 5.80. The lowest BCUT2D eigenvalue weighted by molar-refractivity contribution is -0.130. The fraction of sp³-hybridized carbons (Fsp3) is 0.929. The van der Waals surface area contributed by atoms with E-state index in [1.807, 2.05) is 0 Å². The van der Waals surface area contributed by atoms with Crippen molar-refractivity contribution >= 4 is 5.91 Å². The summed E-state index contributed by atoms with van der Waals surface area (Å²) in [7, 11) is 0. The average molecular weight is 242 g/mol. The largest absolute Gasteiger partial charge is 0.349 e. The molecule has 0 heterocycles. The van der Waals surface area contributed by atoms with E-state index in [-0.39, 0.29) is 17.4 Å². The lowest BCUT2D eigenvalue weighted by Gasteiger charge is -2.35. The molecule has 0 rings (SSSR count). The van der Waals surface area contributed by atoms with Crippen LogP contribution in [0.5, 0.6) is 0 Å². The van der Waals surface area contributed by atoms with Crippen molar-refractivity contribution in [2.24, 2.45) is 23.5 Å². The first kappa shape index (κ1) is 16.4. The van der Waals surface area contributed by atoms with Crippen molar-refractivity contribution in [1.82, 2.24) is 5.32 Å². The maximum absolute atomic E-state index is 12.4. The van der Waals surface area contributed by atoms with Crippen LogP contribution >= 0.6 is 0 Å². The van der Waals surface area contributed by atoms with E-state index in [9.17, 15) is 4.79 Å². The normalized spacial score (nSPS) is 12.6. The summed E-state index contributed by atoms with van der Waals surface area (Å²) in [4.78, 5) is 12.4. The highest BCUT2D eigenvalue weighted by atomic mass is 16.2. The van der Waals surface area contributed by atoms with E-state index < -0.39 is 0 Å². The second-order valence-electron chi connectivity index (χ2n) is 5.69. The molecule has 0 aliphatic rings. The first-order chi connectivity index (χ1) is 7.83. The average Bonchev–Trinajstić information content (AvgIpc) is 2.25.